The van der Waals surface area contributed by atoms with Crippen molar-refractivity contribution in [3.63, 3.8) is 0 Å². The Morgan fingerprint density at radius 3 is 2.52 bits per heavy atom. The van der Waals surface area contributed by atoms with Gasteiger partial charge in [0.05, 0.1) is 13.4 Å². The van der Waals surface area contributed by atoms with Gasteiger partial charge in [-0.15, -0.1) is 0 Å². The molecule has 3 aromatic rings. The number of halogens is 1. The summed E-state index contributed by atoms with van der Waals surface area (Å²) in [6.45, 7) is 0. The Hall–Kier alpha value is -2.25. The second kappa shape index (κ2) is 6.02. The molecule has 0 aliphatic carbocycles. The molecule has 3 rings (SSSR count). The molecule has 0 aromatic heterocycles. The van der Waals surface area contributed by atoms with Crippen molar-refractivity contribution in [1.29, 1.82) is 0 Å². The first-order valence-corrected chi connectivity index (χ1v) is 7.14. The molecule has 0 aliphatic heterocycles. The number of benzene rings is 3. The van der Waals surface area contributed by atoms with Gasteiger partial charge in [0.2, 0.25) is 0 Å². The lowest BCUT2D eigenvalue weighted by Gasteiger charge is -2.09. The Morgan fingerprint density at radius 2 is 1.71 bits per heavy atom. The Morgan fingerprint density at radius 1 is 0.905 bits per heavy atom. The van der Waals surface area contributed by atoms with E-state index in [0.29, 0.717) is 0 Å². The molecule has 0 heterocycles. The molecule has 0 amide bonds. The van der Waals surface area contributed by atoms with E-state index >= 15 is 0 Å². The van der Waals surface area contributed by atoms with Crippen molar-refractivity contribution in [2.75, 3.05) is 7.11 Å². The Labute approximate surface area is 129 Å². The zero-order valence-corrected chi connectivity index (χ0v) is 12.5. The average Bonchev–Trinajstić information content (AvgIpc) is 2.53. The predicted molar refractivity (Wildman–Crippen MR) is 90.4 cm³/mol. The molecule has 0 atom stereocenters. The van der Waals surface area contributed by atoms with E-state index < -0.39 is 0 Å². The highest BCUT2D eigenvalue weighted by atomic mass is 35.5. The van der Waals surface area contributed by atoms with E-state index in [1.807, 2.05) is 30.3 Å². The molecule has 0 N–H and O–H groups in total. The van der Waals surface area contributed by atoms with E-state index in [1.54, 1.807) is 13.4 Å². The predicted octanol–water partition coefficient (Wildman–Crippen LogP) is 5.78. The third kappa shape index (κ3) is 2.93. The van der Waals surface area contributed by atoms with Crippen LogP contribution in [0.2, 0.25) is 5.02 Å². The van der Waals surface area contributed by atoms with Crippen molar-refractivity contribution in [1.82, 2.24) is 0 Å². The molecule has 0 bridgehead atoms. The molecule has 1 nitrogen and oxygen atoms in total. The van der Waals surface area contributed by atoms with Crippen LogP contribution in [-0.2, 0) is 4.74 Å². The Balaban J connectivity index is 2.16. The summed E-state index contributed by atoms with van der Waals surface area (Å²) in [5.74, 6) is 0. The maximum Gasteiger partial charge on any atom is 0.0830 e. The fraction of sp³-hybridized carbons (Fsp3) is 0.0526. The largest absolute Gasteiger partial charge is 0.504 e. The number of hydrogen-bond donors (Lipinski definition) is 0. The highest BCUT2D eigenvalue weighted by molar-refractivity contribution is 6.31. The molecule has 0 aliphatic rings. The monoisotopic (exact) mass is 294 g/mol. The fourth-order valence-electron chi connectivity index (χ4n) is 2.42. The molecule has 0 saturated carbocycles. The van der Waals surface area contributed by atoms with Gasteiger partial charge in [-0.1, -0.05) is 54.1 Å². The summed E-state index contributed by atoms with van der Waals surface area (Å²) in [7, 11) is 1.64. The van der Waals surface area contributed by atoms with Crippen LogP contribution in [0.3, 0.4) is 0 Å². The summed E-state index contributed by atoms with van der Waals surface area (Å²) in [4.78, 5) is 0. The zero-order valence-electron chi connectivity index (χ0n) is 11.7. The molecule has 21 heavy (non-hydrogen) atoms. The maximum atomic E-state index is 6.16. The molecular weight excluding hydrogens is 280 g/mol. The minimum absolute atomic E-state index is 0.729. The second-order valence-corrected chi connectivity index (χ2v) is 5.27. The van der Waals surface area contributed by atoms with Crippen LogP contribution in [-0.4, -0.2) is 7.11 Å². The number of hydrogen-bond acceptors (Lipinski definition) is 1. The minimum Gasteiger partial charge on any atom is -0.504 e. The lowest BCUT2D eigenvalue weighted by molar-refractivity contribution is 0.341. The van der Waals surface area contributed by atoms with Gasteiger partial charge in [0, 0.05) is 5.02 Å². The molecule has 0 fully saturated rings. The number of rotatable bonds is 3. The fourth-order valence-corrected chi connectivity index (χ4v) is 2.59. The average molecular weight is 295 g/mol. The van der Waals surface area contributed by atoms with Crippen LogP contribution in [0, 0.1) is 0 Å². The quantitative estimate of drug-likeness (QED) is 0.557. The summed E-state index contributed by atoms with van der Waals surface area (Å²) >= 11 is 6.16. The number of fused-ring (bicyclic) bond motifs is 1. The lowest BCUT2D eigenvalue weighted by Crippen LogP contribution is -1.85. The molecular formula is C19H15ClO. The van der Waals surface area contributed by atoms with Gasteiger partial charge < -0.3 is 4.74 Å². The third-order valence-electron chi connectivity index (χ3n) is 3.46. The minimum atomic E-state index is 0.729. The molecule has 0 spiro atoms. The van der Waals surface area contributed by atoms with E-state index in [0.717, 1.165) is 21.7 Å². The van der Waals surface area contributed by atoms with Gasteiger partial charge in [0.1, 0.15) is 0 Å². The Kier molecular flexibility index (Phi) is 3.94. The van der Waals surface area contributed by atoms with Gasteiger partial charge in [-0.2, -0.15) is 0 Å². The number of methoxy groups -OCH3 is 1. The van der Waals surface area contributed by atoms with Gasteiger partial charge in [-0.25, -0.2) is 0 Å². The van der Waals surface area contributed by atoms with Gasteiger partial charge in [-0.3, -0.25) is 0 Å². The molecule has 0 radical (unpaired) electrons. The van der Waals surface area contributed by atoms with Gasteiger partial charge in [0.25, 0.3) is 0 Å². The standard InChI is InChI=1S/C19H15ClO/c1-21-11-10-15-8-9-18(20)13-19(15)17-7-6-14-4-2-3-5-16(14)12-17/h2-13H,1H3/b11-10-. The molecule has 0 saturated heterocycles. The van der Waals surface area contributed by atoms with Crippen LogP contribution in [0.4, 0.5) is 0 Å². The van der Waals surface area contributed by atoms with Gasteiger partial charge in [-0.05, 0) is 51.7 Å². The molecule has 3 aromatic carbocycles. The highest BCUT2D eigenvalue weighted by Gasteiger charge is 2.05. The van der Waals surface area contributed by atoms with Gasteiger partial charge in [0.15, 0.2) is 0 Å². The molecule has 0 unspecified atom stereocenters. The summed E-state index contributed by atoms with van der Waals surface area (Å²) < 4.78 is 5.02. The van der Waals surface area contributed by atoms with Crippen molar-refractivity contribution in [2.24, 2.45) is 0 Å². The van der Waals surface area contributed by atoms with Crippen LogP contribution in [0.1, 0.15) is 5.56 Å². The van der Waals surface area contributed by atoms with E-state index in [4.69, 9.17) is 16.3 Å². The highest BCUT2D eigenvalue weighted by Crippen LogP contribution is 2.30. The van der Waals surface area contributed by atoms with Gasteiger partial charge >= 0.3 is 0 Å². The van der Waals surface area contributed by atoms with Crippen molar-refractivity contribution in [2.45, 2.75) is 0 Å². The third-order valence-corrected chi connectivity index (χ3v) is 3.69. The summed E-state index contributed by atoms with van der Waals surface area (Å²) in [6, 6.07) is 20.7. The van der Waals surface area contributed by atoms with E-state index in [9.17, 15) is 0 Å². The maximum absolute atomic E-state index is 6.16. The SMILES string of the molecule is CO/C=C\c1ccc(Cl)cc1-c1ccc2ccccc2c1. The van der Waals surface area contributed by atoms with Crippen molar-refractivity contribution < 1.29 is 4.74 Å². The van der Waals surface area contributed by atoms with E-state index in [-0.39, 0.29) is 0 Å². The topological polar surface area (TPSA) is 9.23 Å². The second-order valence-electron chi connectivity index (χ2n) is 4.83. The van der Waals surface area contributed by atoms with Crippen molar-refractivity contribution >= 4 is 28.4 Å². The van der Waals surface area contributed by atoms with Crippen LogP contribution >= 0.6 is 11.6 Å². The van der Waals surface area contributed by atoms with E-state index in [1.165, 1.54) is 10.8 Å². The summed E-state index contributed by atoms with van der Waals surface area (Å²) in [5.41, 5.74) is 3.32. The van der Waals surface area contributed by atoms with E-state index in [2.05, 4.69) is 36.4 Å². The zero-order chi connectivity index (χ0) is 14.7. The van der Waals surface area contributed by atoms with Crippen LogP contribution < -0.4 is 0 Å². The van der Waals surface area contributed by atoms with Crippen LogP contribution in [0.25, 0.3) is 28.0 Å². The van der Waals surface area contributed by atoms with Crippen LogP contribution in [0.5, 0.6) is 0 Å². The Bertz CT molecular complexity index is 806. The lowest BCUT2D eigenvalue weighted by atomic mass is 9.97. The number of ether oxygens (including phenoxy) is 1. The molecule has 104 valence electrons. The first-order chi connectivity index (χ1) is 10.3. The van der Waals surface area contributed by atoms with Crippen molar-refractivity contribution in [3.05, 3.63) is 77.5 Å². The normalized spacial score (nSPS) is 11.1. The molecule has 2 heteroatoms. The first kappa shape index (κ1) is 13.7. The smallest absolute Gasteiger partial charge is 0.0830 e. The van der Waals surface area contributed by atoms with Crippen LogP contribution in [0.15, 0.2) is 66.9 Å². The summed E-state index contributed by atoms with van der Waals surface area (Å²) in [6.07, 6.45) is 3.62. The first-order valence-electron chi connectivity index (χ1n) is 6.76. The van der Waals surface area contributed by atoms with Crippen molar-refractivity contribution in [3.8, 4) is 11.1 Å². The summed E-state index contributed by atoms with van der Waals surface area (Å²) in [5, 5.41) is 3.18.